The number of anilines is 1. The van der Waals surface area contributed by atoms with Gasteiger partial charge in [0.05, 0.1) is 11.4 Å². The van der Waals surface area contributed by atoms with Gasteiger partial charge < -0.3 is 5.32 Å². The molecule has 1 N–H and O–H groups in total. The molecule has 3 aromatic rings. The third kappa shape index (κ3) is 2.54. The Balaban J connectivity index is 2.12. The highest BCUT2D eigenvalue weighted by molar-refractivity contribution is 5.66. The molecular formula is C17H13FN4. The van der Waals surface area contributed by atoms with Gasteiger partial charge in [-0.25, -0.2) is 9.07 Å². The molecule has 0 saturated heterocycles. The van der Waals surface area contributed by atoms with Crippen LogP contribution in [0.15, 0.2) is 54.6 Å². The van der Waals surface area contributed by atoms with Crippen molar-refractivity contribution in [2.24, 2.45) is 0 Å². The summed E-state index contributed by atoms with van der Waals surface area (Å²) in [7, 11) is 1.85. The van der Waals surface area contributed by atoms with Crippen LogP contribution < -0.4 is 5.32 Å². The Labute approximate surface area is 127 Å². The molecule has 0 radical (unpaired) electrons. The Hall–Kier alpha value is -3.13. The third-order valence-electron chi connectivity index (χ3n) is 3.36. The summed E-state index contributed by atoms with van der Waals surface area (Å²) in [5.41, 5.74) is 3.73. The zero-order chi connectivity index (χ0) is 15.5. The van der Waals surface area contributed by atoms with Crippen molar-refractivity contribution < 1.29 is 4.39 Å². The van der Waals surface area contributed by atoms with Crippen molar-refractivity contribution in [3.05, 3.63) is 66.1 Å². The number of nitrogens with zero attached hydrogens (tertiary/aromatic N) is 3. The van der Waals surface area contributed by atoms with E-state index >= 15 is 0 Å². The zero-order valence-electron chi connectivity index (χ0n) is 11.9. The molecule has 5 heteroatoms. The lowest BCUT2D eigenvalue weighted by molar-refractivity contribution is 0.627. The smallest absolute Gasteiger partial charge is 0.163 e. The SMILES string of the molecule is CNc1ccc(-c2cc(C#N)nn2-c2ccc(F)cc2)cc1. The van der Waals surface area contributed by atoms with Gasteiger partial charge in [-0.2, -0.15) is 10.4 Å². The van der Waals surface area contributed by atoms with E-state index in [1.807, 2.05) is 37.4 Å². The Morgan fingerprint density at radius 3 is 2.36 bits per heavy atom. The van der Waals surface area contributed by atoms with Crippen LogP contribution in [-0.4, -0.2) is 16.8 Å². The topological polar surface area (TPSA) is 53.6 Å². The molecule has 1 heterocycles. The van der Waals surface area contributed by atoms with E-state index in [0.717, 1.165) is 16.9 Å². The number of aromatic nitrogens is 2. The van der Waals surface area contributed by atoms with Gasteiger partial charge in [-0.3, -0.25) is 0 Å². The number of rotatable bonds is 3. The predicted octanol–water partition coefficient (Wildman–Crippen LogP) is 3.59. The minimum absolute atomic E-state index is 0.309. The van der Waals surface area contributed by atoms with Crippen molar-refractivity contribution in [1.82, 2.24) is 9.78 Å². The largest absolute Gasteiger partial charge is 0.388 e. The maximum Gasteiger partial charge on any atom is 0.163 e. The number of hydrogen-bond acceptors (Lipinski definition) is 3. The standard InChI is InChI=1S/C17H13FN4/c1-20-14-6-2-12(3-7-14)17-10-15(11-19)21-22(17)16-8-4-13(18)5-9-16/h2-10,20H,1H3. The molecule has 4 nitrogen and oxygen atoms in total. The van der Waals surface area contributed by atoms with Crippen LogP contribution in [0.2, 0.25) is 0 Å². The fourth-order valence-corrected chi connectivity index (χ4v) is 2.23. The molecule has 108 valence electrons. The summed E-state index contributed by atoms with van der Waals surface area (Å²) < 4.78 is 14.7. The van der Waals surface area contributed by atoms with E-state index in [9.17, 15) is 4.39 Å². The quantitative estimate of drug-likeness (QED) is 0.802. The molecule has 0 spiro atoms. The van der Waals surface area contributed by atoms with Crippen molar-refractivity contribution in [3.63, 3.8) is 0 Å². The number of benzene rings is 2. The second-order valence-corrected chi connectivity index (χ2v) is 4.74. The first-order chi connectivity index (χ1) is 10.7. The normalized spacial score (nSPS) is 10.2. The van der Waals surface area contributed by atoms with Gasteiger partial charge >= 0.3 is 0 Å². The zero-order valence-corrected chi connectivity index (χ0v) is 11.9. The number of nitriles is 1. The summed E-state index contributed by atoms with van der Waals surface area (Å²) >= 11 is 0. The first kappa shape index (κ1) is 13.8. The average molecular weight is 292 g/mol. The minimum atomic E-state index is -0.309. The molecule has 22 heavy (non-hydrogen) atoms. The van der Waals surface area contributed by atoms with Crippen LogP contribution in [0.5, 0.6) is 0 Å². The first-order valence-electron chi connectivity index (χ1n) is 6.75. The molecule has 0 bridgehead atoms. The van der Waals surface area contributed by atoms with Crippen molar-refractivity contribution >= 4 is 5.69 Å². The van der Waals surface area contributed by atoms with Crippen molar-refractivity contribution in [3.8, 4) is 23.0 Å². The molecule has 3 rings (SSSR count). The Morgan fingerprint density at radius 2 is 1.77 bits per heavy atom. The summed E-state index contributed by atoms with van der Waals surface area (Å²) in [6.45, 7) is 0. The summed E-state index contributed by atoms with van der Waals surface area (Å²) in [6, 6.07) is 17.6. The van der Waals surface area contributed by atoms with Crippen LogP contribution in [0.25, 0.3) is 16.9 Å². The molecule has 0 aliphatic rings. The second kappa shape index (κ2) is 5.70. The van der Waals surface area contributed by atoms with Crippen LogP contribution in [0, 0.1) is 17.1 Å². The summed E-state index contributed by atoms with van der Waals surface area (Å²) in [4.78, 5) is 0. The van der Waals surface area contributed by atoms with Gasteiger partial charge in [0.1, 0.15) is 11.9 Å². The van der Waals surface area contributed by atoms with Crippen molar-refractivity contribution in [2.75, 3.05) is 12.4 Å². The van der Waals surface area contributed by atoms with Crippen LogP contribution in [-0.2, 0) is 0 Å². The lowest BCUT2D eigenvalue weighted by Gasteiger charge is -2.08. The monoisotopic (exact) mass is 292 g/mol. The fourth-order valence-electron chi connectivity index (χ4n) is 2.23. The van der Waals surface area contributed by atoms with Gasteiger partial charge in [0.2, 0.25) is 0 Å². The maximum atomic E-state index is 13.1. The minimum Gasteiger partial charge on any atom is -0.388 e. The van der Waals surface area contributed by atoms with Crippen LogP contribution in [0.1, 0.15) is 5.69 Å². The molecule has 0 aliphatic carbocycles. The van der Waals surface area contributed by atoms with Crippen LogP contribution >= 0.6 is 0 Å². The van der Waals surface area contributed by atoms with E-state index in [1.165, 1.54) is 12.1 Å². The van der Waals surface area contributed by atoms with E-state index in [2.05, 4.69) is 10.4 Å². The third-order valence-corrected chi connectivity index (χ3v) is 3.36. The van der Waals surface area contributed by atoms with Gasteiger partial charge in [-0.1, -0.05) is 12.1 Å². The van der Waals surface area contributed by atoms with E-state index < -0.39 is 0 Å². The average Bonchev–Trinajstić information content (AvgIpc) is 3.00. The molecule has 0 fully saturated rings. The van der Waals surface area contributed by atoms with Crippen molar-refractivity contribution in [2.45, 2.75) is 0 Å². The molecule has 0 atom stereocenters. The molecule has 0 aliphatic heterocycles. The van der Waals surface area contributed by atoms with E-state index in [1.54, 1.807) is 22.9 Å². The molecule has 0 amide bonds. The number of nitrogens with one attached hydrogen (secondary N) is 1. The predicted molar refractivity (Wildman–Crippen MR) is 83.2 cm³/mol. The number of halogens is 1. The Kier molecular flexibility index (Phi) is 3.58. The lowest BCUT2D eigenvalue weighted by Crippen LogP contribution is -1.99. The molecule has 1 aromatic heterocycles. The summed E-state index contributed by atoms with van der Waals surface area (Å²) in [5.74, 6) is -0.309. The molecule has 0 saturated carbocycles. The highest BCUT2D eigenvalue weighted by Gasteiger charge is 2.11. The number of hydrogen-bond donors (Lipinski definition) is 1. The van der Waals surface area contributed by atoms with Crippen LogP contribution in [0.3, 0.4) is 0 Å². The van der Waals surface area contributed by atoms with Gasteiger partial charge in [-0.15, -0.1) is 0 Å². The molecule has 0 unspecified atom stereocenters. The van der Waals surface area contributed by atoms with Crippen LogP contribution in [0.4, 0.5) is 10.1 Å². The first-order valence-corrected chi connectivity index (χ1v) is 6.75. The van der Waals surface area contributed by atoms with Crippen molar-refractivity contribution in [1.29, 1.82) is 5.26 Å². The molecule has 2 aromatic carbocycles. The lowest BCUT2D eigenvalue weighted by atomic mass is 10.1. The Morgan fingerprint density at radius 1 is 1.09 bits per heavy atom. The van der Waals surface area contributed by atoms with E-state index in [-0.39, 0.29) is 5.82 Å². The van der Waals surface area contributed by atoms with Gasteiger partial charge in [0.15, 0.2) is 5.69 Å². The van der Waals surface area contributed by atoms with Gasteiger partial charge in [-0.05, 0) is 36.4 Å². The fraction of sp³-hybridized carbons (Fsp3) is 0.0588. The summed E-state index contributed by atoms with van der Waals surface area (Å²) in [5, 5.41) is 16.4. The summed E-state index contributed by atoms with van der Waals surface area (Å²) in [6.07, 6.45) is 0. The van der Waals surface area contributed by atoms with E-state index in [4.69, 9.17) is 5.26 Å². The highest BCUT2D eigenvalue weighted by Crippen LogP contribution is 2.25. The Bertz CT molecular complexity index is 827. The highest BCUT2D eigenvalue weighted by atomic mass is 19.1. The second-order valence-electron chi connectivity index (χ2n) is 4.74. The van der Waals surface area contributed by atoms with E-state index in [0.29, 0.717) is 11.4 Å². The van der Waals surface area contributed by atoms with Gasteiger partial charge in [0.25, 0.3) is 0 Å². The molecular weight excluding hydrogens is 279 g/mol. The van der Waals surface area contributed by atoms with Gasteiger partial charge in [0, 0.05) is 24.4 Å². The maximum absolute atomic E-state index is 13.1.